The van der Waals surface area contributed by atoms with Crippen LogP contribution in [0.4, 0.5) is 0 Å². The predicted molar refractivity (Wildman–Crippen MR) is 103 cm³/mol. The lowest BCUT2D eigenvalue weighted by Crippen LogP contribution is -1.73. The van der Waals surface area contributed by atoms with Gasteiger partial charge in [-0.2, -0.15) is 0 Å². The highest BCUT2D eigenvalue weighted by Gasteiger charge is 1.86. The van der Waals surface area contributed by atoms with E-state index in [1.165, 1.54) is 5.56 Å². The molecule has 0 spiro atoms. The summed E-state index contributed by atoms with van der Waals surface area (Å²) in [4.78, 5) is 0. The smallest absolute Gasteiger partial charge is 0.0256 e. The van der Waals surface area contributed by atoms with Gasteiger partial charge in [-0.25, -0.2) is 0 Å². The summed E-state index contributed by atoms with van der Waals surface area (Å²) < 4.78 is 0. The second kappa shape index (κ2) is 13.6. The molecule has 0 N–H and O–H groups in total. The normalized spacial score (nSPS) is 12.3. The molecule has 0 fully saturated rings. The number of benzene rings is 1. The zero-order valence-electron chi connectivity index (χ0n) is 14.3. The summed E-state index contributed by atoms with van der Waals surface area (Å²) in [6.07, 6.45) is 18.4. The van der Waals surface area contributed by atoms with E-state index in [0.29, 0.717) is 0 Å². The molecule has 22 heavy (non-hydrogen) atoms. The standard InChI is InChI=1S/C20H22.C2H6/c1-4-6-8-11-19(5-2)16-14-18(3)15-17-20-12-9-7-10-13-20;1-2/h4-17H,3H2,1-2H3;1-2H3/b6-4-,11-8-,16-14+,17-15+,19-5+;. The van der Waals surface area contributed by atoms with Crippen molar-refractivity contribution in [3.8, 4) is 0 Å². The number of rotatable bonds is 6. The Kier molecular flexibility index (Phi) is 12.2. The Balaban J connectivity index is 0.00000211. The van der Waals surface area contributed by atoms with E-state index >= 15 is 0 Å². The molecule has 0 saturated carbocycles. The SMILES string of the molecule is C=C(/C=C/C(/C=C\C=C/C)=C/C)/C=C/c1ccccc1.CC. The molecule has 0 saturated heterocycles. The highest BCUT2D eigenvalue weighted by Crippen LogP contribution is 2.07. The number of hydrogen-bond acceptors (Lipinski definition) is 0. The van der Waals surface area contributed by atoms with E-state index in [0.717, 1.165) is 11.1 Å². The number of allylic oxidation sites excluding steroid dienone is 10. The van der Waals surface area contributed by atoms with E-state index < -0.39 is 0 Å². The molecule has 0 unspecified atom stereocenters. The van der Waals surface area contributed by atoms with Gasteiger partial charge in [-0.05, 0) is 30.6 Å². The van der Waals surface area contributed by atoms with Crippen molar-refractivity contribution in [2.24, 2.45) is 0 Å². The Morgan fingerprint density at radius 1 is 0.864 bits per heavy atom. The number of hydrogen-bond donors (Lipinski definition) is 0. The van der Waals surface area contributed by atoms with Crippen LogP contribution in [-0.4, -0.2) is 0 Å². The van der Waals surface area contributed by atoms with Crippen molar-refractivity contribution in [1.29, 1.82) is 0 Å². The van der Waals surface area contributed by atoms with Gasteiger partial charge in [0, 0.05) is 0 Å². The molecular weight excluding hydrogens is 264 g/mol. The summed E-state index contributed by atoms with van der Waals surface area (Å²) in [5, 5.41) is 0. The Morgan fingerprint density at radius 3 is 2.14 bits per heavy atom. The molecule has 0 atom stereocenters. The monoisotopic (exact) mass is 292 g/mol. The van der Waals surface area contributed by atoms with Crippen LogP contribution in [0.2, 0.25) is 0 Å². The lowest BCUT2D eigenvalue weighted by atomic mass is 10.1. The van der Waals surface area contributed by atoms with Gasteiger partial charge in [0.1, 0.15) is 0 Å². The van der Waals surface area contributed by atoms with Crippen LogP contribution in [0.15, 0.2) is 96.7 Å². The first-order valence-electron chi connectivity index (χ1n) is 7.82. The van der Waals surface area contributed by atoms with Crippen LogP contribution in [0.1, 0.15) is 33.3 Å². The van der Waals surface area contributed by atoms with Crippen molar-refractivity contribution in [3.05, 3.63) is 102 Å². The molecule has 1 aromatic carbocycles. The van der Waals surface area contributed by atoms with Crippen LogP contribution < -0.4 is 0 Å². The maximum atomic E-state index is 4.03. The Bertz CT molecular complexity index is 549. The summed E-state index contributed by atoms with van der Waals surface area (Å²) in [5.74, 6) is 0. The van der Waals surface area contributed by atoms with E-state index in [1.807, 2.05) is 76.3 Å². The van der Waals surface area contributed by atoms with E-state index in [9.17, 15) is 0 Å². The lowest BCUT2D eigenvalue weighted by Gasteiger charge is -1.94. The first-order valence-corrected chi connectivity index (χ1v) is 7.82. The molecule has 0 aliphatic rings. The zero-order valence-corrected chi connectivity index (χ0v) is 14.3. The molecule has 0 bridgehead atoms. The van der Waals surface area contributed by atoms with Crippen molar-refractivity contribution in [2.75, 3.05) is 0 Å². The van der Waals surface area contributed by atoms with E-state index in [4.69, 9.17) is 0 Å². The van der Waals surface area contributed by atoms with Gasteiger partial charge in [-0.1, -0.05) is 105 Å². The zero-order chi connectivity index (χ0) is 16.6. The van der Waals surface area contributed by atoms with E-state index in [1.54, 1.807) is 0 Å². The molecule has 1 aromatic rings. The molecule has 0 aromatic heterocycles. The minimum absolute atomic E-state index is 0.979. The van der Waals surface area contributed by atoms with Gasteiger partial charge in [-0.15, -0.1) is 0 Å². The molecule has 0 amide bonds. The third kappa shape index (κ3) is 9.55. The van der Waals surface area contributed by atoms with Gasteiger partial charge in [0.05, 0.1) is 0 Å². The molecule has 0 heteroatoms. The largest absolute Gasteiger partial charge is 0.0918 e. The maximum Gasteiger partial charge on any atom is -0.0256 e. The minimum atomic E-state index is 0.979. The molecular formula is C22H28. The quantitative estimate of drug-likeness (QED) is 0.499. The first kappa shape index (κ1) is 19.7. The molecule has 0 nitrogen and oxygen atoms in total. The van der Waals surface area contributed by atoms with Crippen molar-refractivity contribution in [1.82, 2.24) is 0 Å². The average molecular weight is 292 g/mol. The molecule has 116 valence electrons. The molecule has 1 rings (SSSR count). The van der Waals surface area contributed by atoms with Crippen LogP contribution in [0.3, 0.4) is 0 Å². The average Bonchev–Trinajstić information content (AvgIpc) is 2.59. The van der Waals surface area contributed by atoms with Crippen LogP contribution in [0.5, 0.6) is 0 Å². The van der Waals surface area contributed by atoms with Gasteiger partial charge >= 0.3 is 0 Å². The van der Waals surface area contributed by atoms with Gasteiger partial charge in [0.2, 0.25) is 0 Å². The fourth-order valence-electron chi connectivity index (χ4n) is 1.55. The van der Waals surface area contributed by atoms with Crippen LogP contribution in [0, 0.1) is 0 Å². The van der Waals surface area contributed by atoms with E-state index in [-0.39, 0.29) is 0 Å². The van der Waals surface area contributed by atoms with Gasteiger partial charge in [-0.3, -0.25) is 0 Å². The highest BCUT2D eigenvalue weighted by molar-refractivity contribution is 5.54. The maximum absolute atomic E-state index is 4.03. The summed E-state index contributed by atoms with van der Waals surface area (Å²) in [7, 11) is 0. The summed E-state index contributed by atoms with van der Waals surface area (Å²) in [6.45, 7) is 12.1. The molecule has 0 radical (unpaired) electrons. The van der Waals surface area contributed by atoms with Crippen molar-refractivity contribution in [3.63, 3.8) is 0 Å². The first-order chi connectivity index (χ1) is 10.8. The topological polar surface area (TPSA) is 0 Å². The second-order valence-corrected chi connectivity index (χ2v) is 4.33. The van der Waals surface area contributed by atoms with Crippen molar-refractivity contribution in [2.45, 2.75) is 27.7 Å². The minimum Gasteiger partial charge on any atom is -0.0918 e. The molecule has 0 aliphatic carbocycles. The molecule has 0 heterocycles. The lowest BCUT2D eigenvalue weighted by molar-refractivity contribution is 1.50. The second-order valence-electron chi connectivity index (χ2n) is 4.33. The van der Waals surface area contributed by atoms with Crippen molar-refractivity contribution >= 4 is 6.08 Å². The fraction of sp³-hybridized carbons (Fsp3) is 0.182. The predicted octanol–water partition coefficient (Wildman–Crippen LogP) is 6.92. The Hall–Kier alpha value is -2.34. The summed E-state index contributed by atoms with van der Waals surface area (Å²) in [5.41, 5.74) is 3.33. The van der Waals surface area contributed by atoms with Crippen molar-refractivity contribution < 1.29 is 0 Å². The van der Waals surface area contributed by atoms with Crippen LogP contribution >= 0.6 is 0 Å². The van der Waals surface area contributed by atoms with Gasteiger partial charge in [0.25, 0.3) is 0 Å². The Labute approximate surface area is 136 Å². The van der Waals surface area contributed by atoms with Crippen LogP contribution in [0.25, 0.3) is 6.08 Å². The third-order valence-corrected chi connectivity index (χ3v) is 2.70. The molecule has 0 aliphatic heterocycles. The van der Waals surface area contributed by atoms with Crippen LogP contribution in [-0.2, 0) is 0 Å². The van der Waals surface area contributed by atoms with Gasteiger partial charge in [0.15, 0.2) is 0 Å². The van der Waals surface area contributed by atoms with E-state index in [2.05, 4.69) is 43.0 Å². The Morgan fingerprint density at radius 2 is 1.55 bits per heavy atom. The third-order valence-electron chi connectivity index (χ3n) is 2.70. The highest BCUT2D eigenvalue weighted by atomic mass is 13.9. The fourth-order valence-corrected chi connectivity index (χ4v) is 1.55. The summed E-state index contributed by atoms with van der Waals surface area (Å²) >= 11 is 0. The van der Waals surface area contributed by atoms with Gasteiger partial charge < -0.3 is 0 Å². The summed E-state index contributed by atoms with van der Waals surface area (Å²) in [6, 6.07) is 10.2.